The molecule has 1 N–H and O–H groups in total. The number of rotatable bonds is 7. The lowest BCUT2D eigenvalue weighted by molar-refractivity contribution is -0.660. The highest BCUT2D eigenvalue weighted by atomic mass is 32.2. The molecule has 0 aliphatic rings. The van der Waals surface area contributed by atoms with Crippen molar-refractivity contribution in [3.8, 4) is 11.6 Å². The number of hydrogen-bond donors (Lipinski definition) is 1. The molecule has 0 spiro atoms. The Balaban J connectivity index is 1.80. The Morgan fingerprint density at radius 1 is 1.22 bits per heavy atom. The molecule has 0 atom stereocenters. The number of hydrogen-bond acceptors (Lipinski definition) is 4. The number of sulfonamides is 1. The summed E-state index contributed by atoms with van der Waals surface area (Å²) in [4.78, 5) is 17.0. The number of carbonyl (C=O) groups excluding carboxylic acids is 1. The van der Waals surface area contributed by atoms with E-state index in [4.69, 9.17) is 0 Å². The molecule has 0 aliphatic heterocycles. The lowest BCUT2D eigenvalue weighted by Gasteiger charge is -2.07. The molecule has 0 aliphatic carbocycles. The summed E-state index contributed by atoms with van der Waals surface area (Å²) in [6, 6.07) is 6.44. The van der Waals surface area contributed by atoms with E-state index in [1.54, 1.807) is 37.4 Å². The van der Waals surface area contributed by atoms with Crippen molar-refractivity contribution in [1.82, 2.24) is 14.1 Å². The third kappa shape index (κ3) is 4.08. The summed E-state index contributed by atoms with van der Waals surface area (Å²) in [5, 5.41) is 0. The lowest BCUT2D eigenvalue weighted by Crippen LogP contribution is -2.30. The predicted octanol–water partition coefficient (Wildman–Crippen LogP) is 1.36. The van der Waals surface area contributed by atoms with Gasteiger partial charge >= 0.3 is 5.82 Å². The van der Waals surface area contributed by atoms with Crippen LogP contribution < -0.4 is 9.29 Å². The van der Waals surface area contributed by atoms with E-state index in [0.29, 0.717) is 11.3 Å². The lowest BCUT2D eigenvalue weighted by atomic mass is 10.1. The number of nitrogens with zero attached hydrogens (tertiary/aromatic N) is 4. The van der Waals surface area contributed by atoms with Crippen molar-refractivity contribution in [3.05, 3.63) is 54.6 Å². The molecular weight excluding hydrogens is 366 g/mol. The Morgan fingerprint density at radius 2 is 1.93 bits per heavy atom. The first-order valence-corrected chi connectivity index (χ1v) is 10.1. The van der Waals surface area contributed by atoms with Crippen LogP contribution in [-0.4, -0.2) is 34.1 Å². The van der Waals surface area contributed by atoms with Gasteiger partial charge in [-0.05, 0) is 31.2 Å². The molecule has 0 unspecified atom stereocenters. The van der Waals surface area contributed by atoms with Gasteiger partial charge in [-0.15, -0.1) is 0 Å². The zero-order chi connectivity index (χ0) is 19.6. The zero-order valence-electron chi connectivity index (χ0n) is 15.5. The quantitative estimate of drug-likeness (QED) is 0.489. The van der Waals surface area contributed by atoms with Crippen molar-refractivity contribution in [2.45, 2.75) is 13.5 Å². The van der Waals surface area contributed by atoms with E-state index < -0.39 is 10.0 Å². The molecule has 0 radical (unpaired) electrons. The van der Waals surface area contributed by atoms with E-state index in [0.717, 1.165) is 11.6 Å². The molecule has 8 nitrogen and oxygen atoms in total. The van der Waals surface area contributed by atoms with Gasteiger partial charge in [-0.3, -0.25) is 9.52 Å². The van der Waals surface area contributed by atoms with Gasteiger partial charge in [-0.1, -0.05) is 0 Å². The first-order chi connectivity index (χ1) is 12.8. The molecule has 1 aromatic carbocycles. The summed E-state index contributed by atoms with van der Waals surface area (Å²) < 4.78 is 31.4. The van der Waals surface area contributed by atoms with Crippen LogP contribution in [0.25, 0.3) is 11.6 Å². The summed E-state index contributed by atoms with van der Waals surface area (Å²) in [6.45, 7) is 1.72. The second kappa shape index (κ2) is 7.36. The van der Waals surface area contributed by atoms with Crippen molar-refractivity contribution < 1.29 is 17.8 Å². The Morgan fingerprint density at radius 3 is 2.52 bits per heavy atom. The van der Waals surface area contributed by atoms with Crippen LogP contribution in [0.15, 0.2) is 49.1 Å². The van der Waals surface area contributed by atoms with E-state index in [-0.39, 0.29) is 18.1 Å². The highest BCUT2D eigenvalue weighted by molar-refractivity contribution is 7.92. The van der Waals surface area contributed by atoms with Gasteiger partial charge in [-0.25, -0.2) is 22.5 Å². The molecule has 27 heavy (non-hydrogen) atoms. The number of imidazole rings is 2. The van der Waals surface area contributed by atoms with Crippen LogP contribution in [0, 0.1) is 0 Å². The van der Waals surface area contributed by atoms with Crippen LogP contribution in [0.5, 0.6) is 0 Å². The van der Waals surface area contributed by atoms with Gasteiger partial charge in [0.1, 0.15) is 12.4 Å². The Bertz CT molecular complexity index is 1060. The van der Waals surface area contributed by atoms with Crippen LogP contribution >= 0.6 is 0 Å². The maximum Gasteiger partial charge on any atom is 0.325 e. The van der Waals surface area contributed by atoms with Crippen LogP contribution in [0.4, 0.5) is 5.69 Å². The largest absolute Gasteiger partial charge is 0.328 e. The molecule has 0 bridgehead atoms. The predicted molar refractivity (Wildman–Crippen MR) is 102 cm³/mol. The number of aromatic nitrogens is 4. The monoisotopic (exact) mass is 388 g/mol. The molecule has 3 aromatic rings. The first kappa shape index (κ1) is 18.8. The zero-order valence-corrected chi connectivity index (χ0v) is 16.3. The summed E-state index contributed by atoms with van der Waals surface area (Å²) in [5.74, 6) is 1.50. The smallest absolute Gasteiger partial charge is 0.325 e. The first-order valence-electron chi connectivity index (χ1n) is 8.47. The Labute approximate surface area is 158 Å². The van der Waals surface area contributed by atoms with Crippen molar-refractivity contribution in [2.75, 3.05) is 10.5 Å². The minimum absolute atomic E-state index is 0.00566. The summed E-state index contributed by atoms with van der Waals surface area (Å²) in [7, 11) is 0.465. The van der Waals surface area contributed by atoms with E-state index in [9.17, 15) is 13.2 Å². The SMILES string of the molecule is CCS(=O)(=O)Nc1ccc(C(=O)Cn2cc[n+](C)c2-c2nccn2C)cc1. The van der Waals surface area contributed by atoms with E-state index in [1.165, 1.54) is 0 Å². The van der Waals surface area contributed by atoms with Gasteiger partial charge < -0.3 is 4.57 Å². The van der Waals surface area contributed by atoms with Gasteiger partial charge in [0.15, 0.2) is 6.54 Å². The number of nitrogens with one attached hydrogen (secondary N) is 1. The van der Waals surface area contributed by atoms with Crippen molar-refractivity contribution in [3.63, 3.8) is 0 Å². The highest BCUT2D eigenvalue weighted by Crippen LogP contribution is 2.16. The van der Waals surface area contributed by atoms with Gasteiger partial charge in [0, 0.05) is 30.7 Å². The summed E-state index contributed by atoms with van der Waals surface area (Å²) in [6.07, 6.45) is 7.28. The molecular formula is C18H22N5O3S+. The molecule has 9 heteroatoms. The molecule has 3 rings (SSSR count). The maximum absolute atomic E-state index is 12.7. The number of aryl methyl sites for hydroxylation is 2. The molecule has 2 heterocycles. The number of ketones is 1. The second-order valence-corrected chi connectivity index (χ2v) is 8.24. The van der Waals surface area contributed by atoms with Crippen molar-refractivity contribution in [1.29, 1.82) is 0 Å². The standard InChI is InChI=1S/C18H21N5O3S/c1-4-27(25,26)20-15-7-5-14(6-8-15)16(24)13-23-12-11-22(3)18(23)17-19-9-10-21(17)2/h5-12H,4,13H2,1-3H3/p+1. The Kier molecular flexibility index (Phi) is 5.13. The van der Waals surface area contributed by atoms with E-state index in [2.05, 4.69) is 9.71 Å². The summed E-state index contributed by atoms with van der Waals surface area (Å²) in [5.41, 5.74) is 0.950. The van der Waals surface area contributed by atoms with Gasteiger partial charge in [0.05, 0.1) is 12.8 Å². The summed E-state index contributed by atoms with van der Waals surface area (Å²) >= 11 is 0. The number of anilines is 1. The average molecular weight is 388 g/mol. The third-order valence-electron chi connectivity index (χ3n) is 4.27. The van der Waals surface area contributed by atoms with Crippen molar-refractivity contribution in [2.24, 2.45) is 14.1 Å². The Hall–Kier alpha value is -2.94. The van der Waals surface area contributed by atoms with Crippen LogP contribution in [0.3, 0.4) is 0 Å². The van der Waals surface area contributed by atoms with Gasteiger partial charge in [0.25, 0.3) is 0 Å². The number of benzene rings is 1. The van der Waals surface area contributed by atoms with Crippen LogP contribution in [0.2, 0.25) is 0 Å². The molecule has 0 saturated carbocycles. The molecule has 2 aromatic heterocycles. The van der Waals surface area contributed by atoms with Crippen molar-refractivity contribution >= 4 is 21.5 Å². The number of Topliss-reactive ketones (excluding diaryl/α,β-unsaturated/α-hetero) is 1. The maximum atomic E-state index is 12.7. The van der Waals surface area contributed by atoms with Gasteiger partial charge in [0.2, 0.25) is 21.6 Å². The minimum atomic E-state index is -3.34. The molecule has 0 fully saturated rings. The fraction of sp³-hybridized carbons (Fsp3) is 0.278. The van der Waals surface area contributed by atoms with Gasteiger partial charge in [-0.2, -0.15) is 0 Å². The van der Waals surface area contributed by atoms with E-state index in [1.807, 2.05) is 46.4 Å². The topological polar surface area (TPSA) is 89.9 Å². The van der Waals surface area contributed by atoms with E-state index >= 15 is 0 Å². The van der Waals surface area contributed by atoms with Crippen LogP contribution in [0.1, 0.15) is 17.3 Å². The van der Waals surface area contributed by atoms with Crippen LogP contribution in [-0.2, 0) is 30.7 Å². The molecule has 0 amide bonds. The number of carbonyl (C=O) groups is 1. The third-order valence-corrected chi connectivity index (χ3v) is 5.58. The molecule has 0 saturated heterocycles. The fourth-order valence-corrected chi connectivity index (χ4v) is 3.38. The average Bonchev–Trinajstić information content (AvgIpc) is 3.20. The fourth-order valence-electron chi connectivity index (χ4n) is 2.74. The highest BCUT2D eigenvalue weighted by Gasteiger charge is 2.23. The normalized spacial score (nSPS) is 11.5. The molecule has 142 valence electrons. The minimum Gasteiger partial charge on any atom is -0.328 e. The second-order valence-electron chi connectivity index (χ2n) is 6.23.